The molecule has 0 atom stereocenters. The summed E-state index contributed by atoms with van der Waals surface area (Å²) in [6.45, 7) is 2.80. The Morgan fingerprint density at radius 1 is 1.26 bits per heavy atom. The summed E-state index contributed by atoms with van der Waals surface area (Å²) in [4.78, 5) is 4.37. The molecule has 0 fully saturated rings. The van der Waals surface area contributed by atoms with Gasteiger partial charge in [0.25, 0.3) is 0 Å². The lowest BCUT2D eigenvalue weighted by molar-refractivity contribution is 0.173. The Bertz CT molecular complexity index is 614. The molecule has 5 nitrogen and oxygen atoms in total. The van der Waals surface area contributed by atoms with Crippen LogP contribution < -0.4 is 20.5 Å². The van der Waals surface area contributed by atoms with Gasteiger partial charge in [-0.15, -0.1) is 0 Å². The second-order valence-corrected chi connectivity index (χ2v) is 4.38. The molecule has 1 aliphatic heterocycles. The van der Waals surface area contributed by atoms with Gasteiger partial charge in [0, 0.05) is 12.1 Å². The van der Waals surface area contributed by atoms with Crippen LogP contribution in [0.3, 0.4) is 0 Å². The third-order valence-corrected chi connectivity index (χ3v) is 3.06. The fraction of sp³-hybridized carbons (Fsp3) is 0.214. The number of para-hydroxylation sites is 1. The Morgan fingerprint density at radius 2 is 2.16 bits per heavy atom. The molecule has 3 rings (SSSR count). The molecule has 0 unspecified atom stereocenters. The second-order valence-electron chi connectivity index (χ2n) is 4.38. The number of hydrogen-bond donors (Lipinski definition) is 2. The van der Waals surface area contributed by atoms with Crippen LogP contribution in [0, 0.1) is 6.92 Å². The molecule has 3 N–H and O–H groups in total. The van der Waals surface area contributed by atoms with E-state index >= 15 is 0 Å². The molecule has 0 radical (unpaired) electrons. The average Bonchev–Trinajstić information content (AvgIpc) is 2.89. The van der Waals surface area contributed by atoms with E-state index in [1.165, 1.54) is 0 Å². The Kier molecular flexibility index (Phi) is 2.87. The highest BCUT2D eigenvalue weighted by molar-refractivity contribution is 5.52. The molecule has 5 heteroatoms. The number of aryl methyl sites for hydroxylation is 1. The zero-order valence-corrected chi connectivity index (χ0v) is 10.6. The Labute approximate surface area is 111 Å². The number of anilines is 2. The van der Waals surface area contributed by atoms with Crippen molar-refractivity contribution in [2.75, 3.05) is 17.8 Å². The maximum atomic E-state index is 5.74. The lowest BCUT2D eigenvalue weighted by Gasteiger charge is -2.09. The molecule has 0 bridgehead atoms. The van der Waals surface area contributed by atoms with Gasteiger partial charge in [0.2, 0.25) is 6.79 Å². The normalized spacial score (nSPS) is 12.5. The van der Waals surface area contributed by atoms with E-state index in [1.807, 2.05) is 37.3 Å². The van der Waals surface area contributed by atoms with Gasteiger partial charge in [0.1, 0.15) is 5.82 Å². The predicted molar refractivity (Wildman–Crippen MR) is 73.3 cm³/mol. The minimum atomic E-state index is 0.283. The van der Waals surface area contributed by atoms with Gasteiger partial charge in [-0.25, -0.2) is 4.98 Å². The lowest BCUT2D eigenvalue weighted by atomic mass is 10.2. The summed E-state index contributed by atoms with van der Waals surface area (Å²) in [6, 6.07) is 9.57. The zero-order chi connectivity index (χ0) is 13.2. The number of ether oxygens (including phenoxy) is 2. The van der Waals surface area contributed by atoms with Gasteiger partial charge in [-0.1, -0.05) is 12.1 Å². The highest BCUT2D eigenvalue weighted by atomic mass is 16.7. The summed E-state index contributed by atoms with van der Waals surface area (Å²) >= 11 is 0. The first kappa shape index (κ1) is 11.6. The van der Waals surface area contributed by atoms with Crippen molar-refractivity contribution >= 4 is 11.5 Å². The average molecular weight is 257 g/mol. The van der Waals surface area contributed by atoms with Crippen molar-refractivity contribution < 1.29 is 9.47 Å². The molecule has 2 aromatic rings. The second kappa shape index (κ2) is 4.68. The maximum Gasteiger partial charge on any atom is 0.231 e. The number of hydrogen-bond acceptors (Lipinski definition) is 5. The molecule has 98 valence electrons. The molecule has 19 heavy (non-hydrogen) atoms. The summed E-state index contributed by atoms with van der Waals surface area (Å²) in [5.41, 5.74) is 8.31. The third-order valence-electron chi connectivity index (χ3n) is 3.06. The largest absolute Gasteiger partial charge is 0.454 e. The van der Waals surface area contributed by atoms with E-state index in [1.54, 1.807) is 0 Å². The van der Waals surface area contributed by atoms with E-state index in [0.717, 1.165) is 28.6 Å². The molecule has 0 saturated carbocycles. The summed E-state index contributed by atoms with van der Waals surface area (Å²) in [5.74, 6) is 2.39. The standard InChI is InChI=1S/C14H15N3O2/c1-9-11(15)5-6-13(17-9)16-7-10-3-2-4-12-14(10)19-8-18-12/h2-6H,7-8,15H2,1H3,(H,16,17). The summed E-state index contributed by atoms with van der Waals surface area (Å²) < 4.78 is 10.8. The van der Waals surface area contributed by atoms with E-state index in [9.17, 15) is 0 Å². The molecule has 1 aromatic heterocycles. The first-order chi connectivity index (χ1) is 9.24. The van der Waals surface area contributed by atoms with Gasteiger partial charge in [0.05, 0.1) is 11.4 Å². The molecular weight excluding hydrogens is 242 g/mol. The minimum Gasteiger partial charge on any atom is -0.454 e. The number of benzene rings is 1. The lowest BCUT2D eigenvalue weighted by Crippen LogP contribution is -2.04. The van der Waals surface area contributed by atoms with Crippen LogP contribution in [0.25, 0.3) is 0 Å². The van der Waals surface area contributed by atoms with Crippen LogP contribution in [0.2, 0.25) is 0 Å². The van der Waals surface area contributed by atoms with Crippen LogP contribution >= 0.6 is 0 Å². The van der Waals surface area contributed by atoms with Crippen molar-refractivity contribution in [1.82, 2.24) is 4.98 Å². The number of nitrogens with one attached hydrogen (secondary N) is 1. The Balaban J connectivity index is 1.76. The molecule has 1 aliphatic rings. The highest BCUT2D eigenvalue weighted by Crippen LogP contribution is 2.35. The molecule has 0 spiro atoms. The SMILES string of the molecule is Cc1nc(NCc2cccc3c2OCO3)ccc1N. The Morgan fingerprint density at radius 3 is 3.00 bits per heavy atom. The maximum absolute atomic E-state index is 5.74. The smallest absolute Gasteiger partial charge is 0.231 e. The summed E-state index contributed by atoms with van der Waals surface area (Å²) in [5, 5.41) is 3.26. The number of nitrogens with two attached hydrogens (primary N) is 1. The van der Waals surface area contributed by atoms with Crippen molar-refractivity contribution in [3.05, 3.63) is 41.6 Å². The Hall–Kier alpha value is -2.43. The zero-order valence-electron chi connectivity index (χ0n) is 10.6. The van der Waals surface area contributed by atoms with Crippen LogP contribution in [0.15, 0.2) is 30.3 Å². The first-order valence-corrected chi connectivity index (χ1v) is 6.08. The molecule has 2 heterocycles. The summed E-state index contributed by atoms with van der Waals surface area (Å²) in [6.07, 6.45) is 0. The quantitative estimate of drug-likeness (QED) is 0.883. The van der Waals surface area contributed by atoms with Crippen LogP contribution in [0.1, 0.15) is 11.3 Å². The van der Waals surface area contributed by atoms with Gasteiger partial charge in [-0.3, -0.25) is 0 Å². The van der Waals surface area contributed by atoms with Gasteiger partial charge in [-0.05, 0) is 25.1 Å². The first-order valence-electron chi connectivity index (χ1n) is 6.08. The van der Waals surface area contributed by atoms with E-state index < -0.39 is 0 Å². The van der Waals surface area contributed by atoms with Gasteiger partial charge in [-0.2, -0.15) is 0 Å². The molecule has 0 amide bonds. The van der Waals surface area contributed by atoms with Crippen molar-refractivity contribution in [3.63, 3.8) is 0 Å². The van der Waals surface area contributed by atoms with E-state index in [0.29, 0.717) is 12.2 Å². The predicted octanol–water partition coefficient (Wildman–Crippen LogP) is 2.31. The molecule has 0 aliphatic carbocycles. The van der Waals surface area contributed by atoms with Crippen molar-refractivity contribution in [2.45, 2.75) is 13.5 Å². The van der Waals surface area contributed by atoms with Crippen molar-refractivity contribution in [1.29, 1.82) is 0 Å². The number of nitrogens with zero attached hydrogens (tertiary/aromatic N) is 1. The van der Waals surface area contributed by atoms with Crippen LogP contribution in [-0.2, 0) is 6.54 Å². The van der Waals surface area contributed by atoms with Crippen molar-refractivity contribution in [3.8, 4) is 11.5 Å². The monoisotopic (exact) mass is 257 g/mol. The fourth-order valence-electron chi connectivity index (χ4n) is 1.99. The molecular formula is C14H15N3O2. The van der Waals surface area contributed by atoms with Gasteiger partial charge < -0.3 is 20.5 Å². The minimum absolute atomic E-state index is 0.283. The number of aromatic nitrogens is 1. The number of pyridine rings is 1. The number of rotatable bonds is 3. The number of nitrogen functional groups attached to an aromatic ring is 1. The molecule has 0 saturated heterocycles. The number of fused-ring (bicyclic) bond motifs is 1. The van der Waals surface area contributed by atoms with Crippen LogP contribution in [-0.4, -0.2) is 11.8 Å². The van der Waals surface area contributed by atoms with Gasteiger partial charge >= 0.3 is 0 Å². The topological polar surface area (TPSA) is 69.4 Å². The summed E-state index contributed by atoms with van der Waals surface area (Å²) in [7, 11) is 0. The van der Waals surface area contributed by atoms with E-state index in [2.05, 4.69) is 10.3 Å². The van der Waals surface area contributed by atoms with E-state index in [-0.39, 0.29) is 6.79 Å². The fourth-order valence-corrected chi connectivity index (χ4v) is 1.99. The van der Waals surface area contributed by atoms with E-state index in [4.69, 9.17) is 15.2 Å². The third kappa shape index (κ3) is 2.27. The highest BCUT2D eigenvalue weighted by Gasteiger charge is 2.16. The van der Waals surface area contributed by atoms with Gasteiger partial charge in [0.15, 0.2) is 11.5 Å². The van der Waals surface area contributed by atoms with Crippen LogP contribution in [0.5, 0.6) is 11.5 Å². The molecule has 1 aromatic carbocycles. The van der Waals surface area contributed by atoms with Crippen molar-refractivity contribution in [2.24, 2.45) is 0 Å². The van der Waals surface area contributed by atoms with Crippen LogP contribution in [0.4, 0.5) is 11.5 Å².